The standard InChI is InChI=1S/C13H11F2NO2/c1-2-18-13(17)12-9(6-7-16-12)8-4-3-5-10(14)11(8)15/h3-7,16H,2H2,1H3. The first kappa shape index (κ1) is 12.3. The van der Waals surface area contributed by atoms with E-state index in [0.29, 0.717) is 0 Å². The van der Waals surface area contributed by atoms with E-state index in [1.807, 2.05) is 0 Å². The van der Waals surface area contributed by atoms with Crippen molar-refractivity contribution in [2.45, 2.75) is 6.92 Å². The monoisotopic (exact) mass is 251 g/mol. The minimum atomic E-state index is -0.984. The highest BCUT2D eigenvalue weighted by molar-refractivity contribution is 5.95. The van der Waals surface area contributed by atoms with E-state index in [-0.39, 0.29) is 23.4 Å². The van der Waals surface area contributed by atoms with Crippen LogP contribution >= 0.6 is 0 Å². The van der Waals surface area contributed by atoms with Crippen molar-refractivity contribution in [3.05, 3.63) is 47.8 Å². The van der Waals surface area contributed by atoms with Crippen molar-refractivity contribution in [1.29, 1.82) is 0 Å². The van der Waals surface area contributed by atoms with E-state index in [0.717, 1.165) is 6.07 Å². The molecule has 0 bridgehead atoms. The maximum Gasteiger partial charge on any atom is 0.355 e. The summed E-state index contributed by atoms with van der Waals surface area (Å²) < 4.78 is 31.6. The normalized spacial score (nSPS) is 10.4. The molecule has 0 aliphatic rings. The molecule has 5 heteroatoms. The molecule has 3 nitrogen and oxygen atoms in total. The number of halogens is 2. The summed E-state index contributed by atoms with van der Waals surface area (Å²) in [7, 11) is 0. The van der Waals surface area contributed by atoms with Gasteiger partial charge in [-0.2, -0.15) is 0 Å². The summed E-state index contributed by atoms with van der Waals surface area (Å²) in [6.07, 6.45) is 1.48. The van der Waals surface area contributed by atoms with Gasteiger partial charge in [0.1, 0.15) is 5.69 Å². The van der Waals surface area contributed by atoms with Crippen LogP contribution in [0.3, 0.4) is 0 Å². The van der Waals surface area contributed by atoms with Crippen molar-refractivity contribution < 1.29 is 18.3 Å². The van der Waals surface area contributed by atoms with Gasteiger partial charge >= 0.3 is 5.97 Å². The summed E-state index contributed by atoms with van der Waals surface area (Å²) in [5, 5.41) is 0. The first-order chi connectivity index (χ1) is 8.65. The molecule has 0 spiro atoms. The lowest BCUT2D eigenvalue weighted by Gasteiger charge is -2.05. The van der Waals surface area contributed by atoms with Crippen LogP contribution < -0.4 is 0 Å². The second-order valence-corrected chi connectivity index (χ2v) is 3.59. The summed E-state index contributed by atoms with van der Waals surface area (Å²) in [6, 6.07) is 5.32. The van der Waals surface area contributed by atoms with Crippen molar-refractivity contribution in [2.75, 3.05) is 6.61 Å². The molecule has 0 amide bonds. The second kappa shape index (κ2) is 5.00. The Bertz CT molecular complexity index is 578. The number of carbonyl (C=O) groups excluding carboxylic acids is 1. The number of hydrogen-bond donors (Lipinski definition) is 1. The summed E-state index contributed by atoms with van der Waals surface area (Å²) in [4.78, 5) is 14.3. The maximum absolute atomic E-state index is 13.7. The average molecular weight is 251 g/mol. The van der Waals surface area contributed by atoms with E-state index < -0.39 is 17.6 Å². The molecule has 0 saturated heterocycles. The van der Waals surface area contributed by atoms with Crippen LogP contribution in [0.25, 0.3) is 11.1 Å². The number of hydrogen-bond acceptors (Lipinski definition) is 2. The van der Waals surface area contributed by atoms with Gasteiger partial charge in [0.05, 0.1) is 6.61 Å². The van der Waals surface area contributed by atoms with Gasteiger partial charge in [-0.25, -0.2) is 13.6 Å². The minimum Gasteiger partial charge on any atom is -0.461 e. The van der Waals surface area contributed by atoms with E-state index in [1.54, 1.807) is 6.92 Å². The molecule has 1 aromatic heterocycles. The fourth-order valence-corrected chi connectivity index (χ4v) is 1.68. The molecule has 18 heavy (non-hydrogen) atoms. The van der Waals surface area contributed by atoms with Crippen molar-refractivity contribution in [3.63, 3.8) is 0 Å². The number of esters is 1. The molecule has 1 heterocycles. The van der Waals surface area contributed by atoms with Crippen molar-refractivity contribution >= 4 is 5.97 Å². The third-order valence-corrected chi connectivity index (χ3v) is 2.47. The van der Waals surface area contributed by atoms with Crippen molar-refractivity contribution in [1.82, 2.24) is 4.98 Å². The summed E-state index contributed by atoms with van der Waals surface area (Å²) in [6.45, 7) is 1.88. The lowest BCUT2D eigenvalue weighted by Crippen LogP contribution is -2.06. The molecule has 0 aliphatic heterocycles. The van der Waals surface area contributed by atoms with E-state index >= 15 is 0 Å². The Morgan fingerprint density at radius 1 is 1.28 bits per heavy atom. The van der Waals surface area contributed by atoms with E-state index in [9.17, 15) is 13.6 Å². The van der Waals surface area contributed by atoms with Gasteiger partial charge in [0.25, 0.3) is 0 Å². The molecule has 2 rings (SSSR count). The molecule has 0 radical (unpaired) electrons. The Morgan fingerprint density at radius 2 is 2.06 bits per heavy atom. The van der Waals surface area contributed by atoms with Crippen LogP contribution in [0.1, 0.15) is 17.4 Å². The molecular weight excluding hydrogens is 240 g/mol. The molecule has 0 aliphatic carbocycles. The van der Waals surface area contributed by atoms with Crippen LogP contribution in [0.5, 0.6) is 0 Å². The van der Waals surface area contributed by atoms with Crippen LogP contribution in [0.15, 0.2) is 30.5 Å². The van der Waals surface area contributed by atoms with Gasteiger partial charge in [0.15, 0.2) is 11.6 Å². The van der Waals surface area contributed by atoms with Gasteiger partial charge in [-0.05, 0) is 19.1 Å². The third-order valence-electron chi connectivity index (χ3n) is 2.47. The predicted octanol–water partition coefficient (Wildman–Crippen LogP) is 3.14. The zero-order chi connectivity index (χ0) is 13.1. The predicted molar refractivity (Wildman–Crippen MR) is 62.1 cm³/mol. The molecule has 0 saturated carbocycles. The molecule has 0 fully saturated rings. The van der Waals surface area contributed by atoms with Gasteiger partial charge in [-0.1, -0.05) is 12.1 Å². The minimum absolute atomic E-state index is 0.0271. The SMILES string of the molecule is CCOC(=O)c1[nH]ccc1-c1cccc(F)c1F. The van der Waals surface area contributed by atoms with Crippen molar-refractivity contribution in [3.8, 4) is 11.1 Å². The number of aromatic nitrogens is 1. The van der Waals surface area contributed by atoms with Crippen LogP contribution in [-0.2, 0) is 4.74 Å². The molecule has 1 N–H and O–H groups in total. The third kappa shape index (κ3) is 2.11. The summed E-state index contributed by atoms with van der Waals surface area (Å²) in [5.74, 6) is -2.53. The molecule has 94 valence electrons. The fraction of sp³-hybridized carbons (Fsp3) is 0.154. The number of benzene rings is 1. The number of aromatic amines is 1. The lowest BCUT2D eigenvalue weighted by atomic mass is 10.1. The Balaban J connectivity index is 2.49. The van der Waals surface area contributed by atoms with Gasteiger partial charge in [-0.15, -0.1) is 0 Å². The number of carbonyl (C=O) groups is 1. The fourth-order valence-electron chi connectivity index (χ4n) is 1.68. The largest absolute Gasteiger partial charge is 0.461 e. The first-order valence-corrected chi connectivity index (χ1v) is 5.44. The summed E-state index contributed by atoms with van der Waals surface area (Å²) >= 11 is 0. The Hall–Kier alpha value is -2.17. The van der Waals surface area contributed by atoms with E-state index in [1.165, 1.54) is 24.4 Å². The summed E-state index contributed by atoms with van der Waals surface area (Å²) in [5.41, 5.74) is 0.422. The Kier molecular flexibility index (Phi) is 3.41. The number of ether oxygens (including phenoxy) is 1. The molecular formula is C13H11F2NO2. The molecule has 0 atom stereocenters. The highest BCUT2D eigenvalue weighted by Crippen LogP contribution is 2.27. The highest BCUT2D eigenvalue weighted by Gasteiger charge is 2.19. The van der Waals surface area contributed by atoms with Gasteiger partial charge in [0, 0.05) is 17.3 Å². The zero-order valence-corrected chi connectivity index (χ0v) is 9.67. The first-order valence-electron chi connectivity index (χ1n) is 5.44. The number of nitrogens with one attached hydrogen (secondary N) is 1. The molecule has 2 aromatic rings. The molecule has 1 aromatic carbocycles. The van der Waals surface area contributed by atoms with Gasteiger partial charge < -0.3 is 9.72 Å². The van der Waals surface area contributed by atoms with Crippen LogP contribution in [0, 0.1) is 11.6 Å². The number of rotatable bonds is 3. The van der Waals surface area contributed by atoms with E-state index in [2.05, 4.69) is 4.98 Å². The topological polar surface area (TPSA) is 42.1 Å². The Labute approximate surface area is 102 Å². The van der Waals surface area contributed by atoms with Crippen molar-refractivity contribution in [2.24, 2.45) is 0 Å². The molecule has 0 unspecified atom stereocenters. The lowest BCUT2D eigenvalue weighted by molar-refractivity contribution is 0.0521. The second-order valence-electron chi connectivity index (χ2n) is 3.59. The van der Waals surface area contributed by atoms with E-state index in [4.69, 9.17) is 4.74 Å². The zero-order valence-electron chi connectivity index (χ0n) is 9.67. The van der Waals surface area contributed by atoms with Gasteiger partial charge in [0.2, 0.25) is 0 Å². The number of H-pyrrole nitrogens is 1. The maximum atomic E-state index is 13.7. The Morgan fingerprint density at radius 3 is 2.78 bits per heavy atom. The highest BCUT2D eigenvalue weighted by atomic mass is 19.2. The van der Waals surface area contributed by atoms with Crippen LogP contribution in [0.4, 0.5) is 8.78 Å². The van der Waals surface area contributed by atoms with Crippen LogP contribution in [0.2, 0.25) is 0 Å². The van der Waals surface area contributed by atoms with Gasteiger partial charge in [-0.3, -0.25) is 0 Å². The smallest absolute Gasteiger partial charge is 0.355 e. The quantitative estimate of drug-likeness (QED) is 0.851. The van der Waals surface area contributed by atoms with Crippen LogP contribution in [-0.4, -0.2) is 17.6 Å². The average Bonchev–Trinajstić information content (AvgIpc) is 2.82.